The molecule has 9 heteroatoms. The van der Waals surface area contributed by atoms with E-state index in [0.717, 1.165) is 50.9 Å². The summed E-state index contributed by atoms with van der Waals surface area (Å²) in [6.45, 7) is 7.87. The summed E-state index contributed by atoms with van der Waals surface area (Å²) in [4.78, 5) is 25.8. The third kappa shape index (κ3) is 5.46. The molecule has 2 fully saturated rings. The number of amides is 1. The number of likely N-dealkylation sites (N-methyl/N-ethyl adjacent to an activating group) is 1. The Hall–Kier alpha value is -2.91. The Morgan fingerprint density at radius 1 is 1.03 bits per heavy atom. The fourth-order valence-corrected chi connectivity index (χ4v) is 4.21. The van der Waals surface area contributed by atoms with Crippen molar-refractivity contribution in [3.8, 4) is 0 Å². The number of carbonyl (C=O) groups excluding carboxylic acids is 1. The second-order valence-electron chi connectivity index (χ2n) is 8.64. The molecule has 1 N–H and O–H groups in total. The average Bonchev–Trinajstić information content (AvgIpc) is 3.23. The first-order valence-electron chi connectivity index (χ1n) is 11.2. The van der Waals surface area contributed by atoms with Crippen LogP contribution in [-0.2, 0) is 24.9 Å². The van der Waals surface area contributed by atoms with Crippen LogP contribution in [0.1, 0.15) is 11.1 Å². The molecule has 0 saturated carbocycles. The highest BCUT2D eigenvalue weighted by Crippen LogP contribution is 2.16. The molecule has 0 aliphatic carbocycles. The predicted octanol–water partition coefficient (Wildman–Crippen LogP) is 0.592. The maximum atomic E-state index is 12.7. The minimum Gasteiger partial charge on any atom is -0.352 e. The lowest BCUT2D eigenvalue weighted by atomic mass is 10.1. The average molecular weight is 439 g/mol. The molecule has 172 valence electrons. The molecule has 0 atom stereocenters. The Morgan fingerprint density at radius 3 is 2.38 bits per heavy atom. The molecule has 9 nitrogen and oxygen atoms in total. The number of aromatic nitrogens is 2. The largest absolute Gasteiger partial charge is 0.352 e. The SMILES string of the molecule is CN=C(NCc1ccc(CN2CCN(C)CC2)cc1)N1CCN(c2cnn(C)c2)C(=O)C1. The van der Waals surface area contributed by atoms with Gasteiger partial charge in [-0.25, -0.2) is 0 Å². The molecule has 2 aliphatic rings. The van der Waals surface area contributed by atoms with Gasteiger partial charge in [-0.1, -0.05) is 24.3 Å². The van der Waals surface area contributed by atoms with Crippen LogP contribution < -0.4 is 10.2 Å². The fraction of sp³-hybridized carbons (Fsp3) is 0.522. The number of nitrogens with one attached hydrogen (secondary N) is 1. The number of guanidine groups is 1. The second kappa shape index (κ2) is 10.1. The Bertz CT molecular complexity index is 930. The van der Waals surface area contributed by atoms with Crippen LogP contribution in [0.5, 0.6) is 0 Å². The lowest BCUT2D eigenvalue weighted by Crippen LogP contribution is -2.55. The van der Waals surface area contributed by atoms with Crippen LogP contribution in [0.3, 0.4) is 0 Å². The number of aryl methyl sites for hydroxylation is 1. The second-order valence-corrected chi connectivity index (χ2v) is 8.64. The van der Waals surface area contributed by atoms with Gasteiger partial charge in [0.25, 0.3) is 0 Å². The summed E-state index contributed by atoms with van der Waals surface area (Å²) in [7, 11) is 5.80. The molecule has 32 heavy (non-hydrogen) atoms. The van der Waals surface area contributed by atoms with Crippen LogP contribution in [-0.4, -0.2) is 96.3 Å². The number of hydrogen-bond acceptors (Lipinski definition) is 5. The summed E-state index contributed by atoms with van der Waals surface area (Å²) >= 11 is 0. The number of benzene rings is 1. The van der Waals surface area contributed by atoms with Gasteiger partial charge in [0.15, 0.2) is 5.96 Å². The minimum atomic E-state index is 0.0560. The standard InChI is InChI=1S/C23H34N8O/c1-24-23(30-12-13-31(22(32)18-30)21-15-26-28(3)17-21)25-14-19-4-6-20(7-5-19)16-29-10-8-27(2)9-11-29/h4-7,15,17H,8-14,16,18H2,1-3H3,(H,24,25). The maximum absolute atomic E-state index is 12.7. The van der Waals surface area contributed by atoms with Crippen molar-refractivity contribution in [1.29, 1.82) is 0 Å². The van der Waals surface area contributed by atoms with Crippen molar-refractivity contribution in [2.75, 3.05) is 64.8 Å². The van der Waals surface area contributed by atoms with E-state index in [-0.39, 0.29) is 5.91 Å². The summed E-state index contributed by atoms with van der Waals surface area (Å²) in [6.07, 6.45) is 3.60. The van der Waals surface area contributed by atoms with E-state index in [4.69, 9.17) is 0 Å². The topological polar surface area (TPSA) is 72.2 Å². The molecule has 0 bridgehead atoms. The first kappa shape index (κ1) is 22.3. The Balaban J connectivity index is 1.27. The highest BCUT2D eigenvalue weighted by atomic mass is 16.2. The number of aliphatic imine (C=N–C) groups is 1. The number of carbonyl (C=O) groups is 1. The number of nitrogens with zero attached hydrogens (tertiary/aromatic N) is 7. The molecule has 0 unspecified atom stereocenters. The molecule has 1 amide bonds. The van der Waals surface area contributed by atoms with E-state index in [1.807, 2.05) is 18.1 Å². The normalized spacial score (nSPS) is 19.0. The van der Waals surface area contributed by atoms with Crippen molar-refractivity contribution in [3.05, 3.63) is 47.8 Å². The molecule has 4 rings (SSSR count). The zero-order valence-electron chi connectivity index (χ0n) is 19.4. The molecule has 1 aromatic heterocycles. The van der Waals surface area contributed by atoms with Gasteiger partial charge in [0, 0.05) is 72.7 Å². The lowest BCUT2D eigenvalue weighted by Gasteiger charge is -2.35. The molecule has 0 radical (unpaired) electrons. The molecule has 0 spiro atoms. The van der Waals surface area contributed by atoms with Gasteiger partial charge in [-0.15, -0.1) is 0 Å². The lowest BCUT2D eigenvalue weighted by molar-refractivity contribution is -0.120. The molecular formula is C23H34N8O. The number of piperazine rings is 2. The van der Waals surface area contributed by atoms with Gasteiger partial charge < -0.3 is 20.0 Å². The first-order valence-corrected chi connectivity index (χ1v) is 11.2. The minimum absolute atomic E-state index is 0.0560. The highest BCUT2D eigenvalue weighted by Gasteiger charge is 2.27. The van der Waals surface area contributed by atoms with Crippen molar-refractivity contribution in [2.24, 2.45) is 12.0 Å². The maximum Gasteiger partial charge on any atom is 0.246 e. The molecule has 1 aromatic carbocycles. The van der Waals surface area contributed by atoms with Crippen LogP contribution in [0.15, 0.2) is 41.7 Å². The van der Waals surface area contributed by atoms with Gasteiger partial charge in [-0.05, 0) is 18.2 Å². The van der Waals surface area contributed by atoms with Crippen molar-refractivity contribution < 1.29 is 4.79 Å². The van der Waals surface area contributed by atoms with E-state index in [1.165, 1.54) is 11.1 Å². The molecule has 2 aliphatic heterocycles. The highest BCUT2D eigenvalue weighted by molar-refractivity contribution is 5.98. The van der Waals surface area contributed by atoms with Crippen LogP contribution in [0.25, 0.3) is 0 Å². The number of hydrogen-bond donors (Lipinski definition) is 1. The van der Waals surface area contributed by atoms with Gasteiger partial charge in [-0.2, -0.15) is 5.10 Å². The van der Waals surface area contributed by atoms with E-state index in [1.54, 1.807) is 22.8 Å². The van der Waals surface area contributed by atoms with Crippen molar-refractivity contribution in [2.45, 2.75) is 13.1 Å². The van der Waals surface area contributed by atoms with E-state index in [0.29, 0.717) is 19.6 Å². The number of anilines is 1. The van der Waals surface area contributed by atoms with Crippen molar-refractivity contribution in [3.63, 3.8) is 0 Å². The van der Waals surface area contributed by atoms with Gasteiger partial charge >= 0.3 is 0 Å². The fourth-order valence-electron chi connectivity index (χ4n) is 4.21. The van der Waals surface area contributed by atoms with Crippen LogP contribution in [0.4, 0.5) is 5.69 Å². The summed E-state index contributed by atoms with van der Waals surface area (Å²) in [5.74, 6) is 0.811. The van der Waals surface area contributed by atoms with E-state index in [9.17, 15) is 4.79 Å². The van der Waals surface area contributed by atoms with Gasteiger partial charge in [0.1, 0.15) is 6.54 Å². The van der Waals surface area contributed by atoms with Gasteiger partial charge in [0.2, 0.25) is 5.91 Å². The third-order valence-corrected chi connectivity index (χ3v) is 6.21. The monoisotopic (exact) mass is 438 g/mol. The Morgan fingerprint density at radius 2 is 1.75 bits per heavy atom. The van der Waals surface area contributed by atoms with Gasteiger partial charge in [0.05, 0.1) is 11.9 Å². The zero-order chi connectivity index (χ0) is 22.5. The van der Waals surface area contributed by atoms with Crippen LogP contribution in [0, 0.1) is 0 Å². The predicted molar refractivity (Wildman–Crippen MR) is 127 cm³/mol. The quantitative estimate of drug-likeness (QED) is 0.544. The molecular weight excluding hydrogens is 404 g/mol. The molecule has 2 aromatic rings. The third-order valence-electron chi connectivity index (χ3n) is 6.21. The molecule has 3 heterocycles. The van der Waals surface area contributed by atoms with E-state index >= 15 is 0 Å². The van der Waals surface area contributed by atoms with E-state index < -0.39 is 0 Å². The Labute approximate surface area is 190 Å². The van der Waals surface area contributed by atoms with Crippen molar-refractivity contribution >= 4 is 17.6 Å². The summed E-state index contributed by atoms with van der Waals surface area (Å²) in [6, 6.07) is 8.79. The smallest absolute Gasteiger partial charge is 0.246 e. The molecule has 2 saturated heterocycles. The first-order chi connectivity index (χ1) is 15.5. The summed E-state index contributed by atoms with van der Waals surface area (Å²) < 4.78 is 1.71. The number of rotatable bonds is 5. The van der Waals surface area contributed by atoms with Crippen LogP contribution >= 0.6 is 0 Å². The summed E-state index contributed by atoms with van der Waals surface area (Å²) in [5.41, 5.74) is 3.39. The van der Waals surface area contributed by atoms with Crippen molar-refractivity contribution in [1.82, 2.24) is 29.8 Å². The van der Waals surface area contributed by atoms with Crippen LogP contribution in [0.2, 0.25) is 0 Å². The summed E-state index contributed by atoms with van der Waals surface area (Å²) in [5, 5.41) is 7.58. The van der Waals surface area contributed by atoms with E-state index in [2.05, 4.69) is 56.5 Å². The van der Waals surface area contributed by atoms with Gasteiger partial charge in [-0.3, -0.25) is 19.4 Å². The zero-order valence-corrected chi connectivity index (χ0v) is 19.4. The Kier molecular flexibility index (Phi) is 7.06.